The van der Waals surface area contributed by atoms with Gasteiger partial charge in [0.05, 0.1) is 0 Å². The fourth-order valence-electron chi connectivity index (χ4n) is 2.37. The van der Waals surface area contributed by atoms with Gasteiger partial charge < -0.3 is 10.4 Å². The summed E-state index contributed by atoms with van der Waals surface area (Å²) in [4.78, 5) is 0. The van der Waals surface area contributed by atoms with Crippen LogP contribution in [-0.2, 0) is 0 Å². The molecule has 0 bridgehead atoms. The number of alkyl halides is 3. The van der Waals surface area contributed by atoms with Crippen LogP contribution in [0.3, 0.4) is 0 Å². The molecule has 0 aliphatic rings. The molecule has 2 aromatic rings. The van der Waals surface area contributed by atoms with E-state index in [0.717, 1.165) is 16.5 Å². The van der Waals surface area contributed by atoms with Crippen molar-refractivity contribution in [2.45, 2.75) is 38.4 Å². The van der Waals surface area contributed by atoms with Crippen LogP contribution >= 0.6 is 0 Å². The Morgan fingerprint density at radius 1 is 1.10 bits per heavy atom. The number of phenolic OH excluding ortho intramolecular Hbond substituents is 1. The third kappa shape index (κ3) is 4.28. The summed E-state index contributed by atoms with van der Waals surface area (Å²) < 4.78 is 36.4. The molecule has 114 valence electrons. The topological polar surface area (TPSA) is 32.3 Å². The van der Waals surface area contributed by atoms with E-state index in [1.165, 1.54) is 0 Å². The van der Waals surface area contributed by atoms with Gasteiger partial charge in [-0.05, 0) is 31.9 Å². The molecule has 0 fully saturated rings. The highest BCUT2D eigenvalue weighted by atomic mass is 19.4. The summed E-state index contributed by atoms with van der Waals surface area (Å²) in [5, 5.41) is 14.6. The molecule has 0 aliphatic carbocycles. The van der Waals surface area contributed by atoms with Crippen LogP contribution in [0, 0.1) is 0 Å². The van der Waals surface area contributed by atoms with Crippen molar-refractivity contribution >= 4 is 16.5 Å². The van der Waals surface area contributed by atoms with Crippen molar-refractivity contribution in [3.8, 4) is 5.75 Å². The van der Waals surface area contributed by atoms with Gasteiger partial charge in [0.25, 0.3) is 0 Å². The monoisotopic (exact) mass is 297 g/mol. The zero-order valence-electron chi connectivity index (χ0n) is 11.7. The Kier molecular flexibility index (Phi) is 4.60. The van der Waals surface area contributed by atoms with Gasteiger partial charge in [0.2, 0.25) is 0 Å². The van der Waals surface area contributed by atoms with Crippen LogP contribution < -0.4 is 5.32 Å². The second-order valence-corrected chi connectivity index (χ2v) is 5.23. The molecule has 0 radical (unpaired) electrons. The third-order valence-corrected chi connectivity index (χ3v) is 3.40. The van der Waals surface area contributed by atoms with E-state index in [1.807, 2.05) is 31.2 Å². The van der Waals surface area contributed by atoms with Crippen molar-refractivity contribution in [2.75, 3.05) is 5.32 Å². The Bertz CT molecular complexity index is 610. The Morgan fingerprint density at radius 3 is 2.48 bits per heavy atom. The summed E-state index contributed by atoms with van der Waals surface area (Å²) in [5.74, 6) is 0.195. The molecule has 2 nitrogen and oxygen atoms in total. The lowest BCUT2D eigenvalue weighted by atomic mass is 10.1. The number of hydrogen-bond acceptors (Lipinski definition) is 2. The van der Waals surface area contributed by atoms with Gasteiger partial charge in [-0.2, -0.15) is 13.2 Å². The quantitative estimate of drug-likeness (QED) is 0.806. The van der Waals surface area contributed by atoms with Crippen LogP contribution in [0.25, 0.3) is 10.8 Å². The summed E-state index contributed by atoms with van der Waals surface area (Å²) >= 11 is 0. The summed E-state index contributed by atoms with van der Waals surface area (Å²) in [5.41, 5.74) is 0.822. The molecule has 0 spiro atoms. The molecule has 1 atom stereocenters. The standard InChI is InChI=1S/C16H18F3NO/c1-11(5-4-10-16(17,18)19)20-14-8-2-7-13-12(14)6-3-9-15(13)21/h2-3,6-9,11,20-21H,4-5,10H2,1H3. The highest BCUT2D eigenvalue weighted by Crippen LogP contribution is 2.30. The van der Waals surface area contributed by atoms with E-state index < -0.39 is 12.6 Å². The van der Waals surface area contributed by atoms with Crippen LogP contribution in [0.5, 0.6) is 5.75 Å². The Morgan fingerprint density at radius 2 is 1.76 bits per heavy atom. The van der Waals surface area contributed by atoms with Crippen LogP contribution in [-0.4, -0.2) is 17.3 Å². The molecule has 2 N–H and O–H groups in total. The Hall–Kier alpha value is -1.91. The highest BCUT2D eigenvalue weighted by molar-refractivity contribution is 5.97. The maximum atomic E-state index is 12.1. The van der Waals surface area contributed by atoms with E-state index in [0.29, 0.717) is 6.42 Å². The summed E-state index contributed by atoms with van der Waals surface area (Å²) in [6.07, 6.45) is -4.30. The van der Waals surface area contributed by atoms with E-state index in [2.05, 4.69) is 5.32 Å². The maximum Gasteiger partial charge on any atom is 0.389 e. The molecule has 0 amide bonds. The smallest absolute Gasteiger partial charge is 0.389 e. The first-order valence-corrected chi connectivity index (χ1v) is 6.91. The van der Waals surface area contributed by atoms with Gasteiger partial charge in [0, 0.05) is 28.9 Å². The van der Waals surface area contributed by atoms with Gasteiger partial charge in [-0.15, -0.1) is 0 Å². The first-order chi connectivity index (χ1) is 9.87. The zero-order chi connectivity index (χ0) is 15.5. The molecule has 5 heteroatoms. The summed E-state index contributed by atoms with van der Waals surface area (Å²) in [7, 11) is 0. The van der Waals surface area contributed by atoms with Gasteiger partial charge in [-0.1, -0.05) is 24.3 Å². The fraction of sp³-hybridized carbons (Fsp3) is 0.375. The van der Waals surface area contributed by atoms with Crippen molar-refractivity contribution in [2.24, 2.45) is 0 Å². The lowest BCUT2D eigenvalue weighted by Gasteiger charge is -2.17. The zero-order valence-corrected chi connectivity index (χ0v) is 11.7. The van der Waals surface area contributed by atoms with Gasteiger partial charge in [0.1, 0.15) is 5.75 Å². The van der Waals surface area contributed by atoms with Crippen molar-refractivity contribution in [3.63, 3.8) is 0 Å². The minimum Gasteiger partial charge on any atom is -0.507 e. The fourth-order valence-corrected chi connectivity index (χ4v) is 2.37. The Balaban J connectivity index is 2.04. The molecule has 0 saturated carbocycles. The Labute approximate surface area is 121 Å². The van der Waals surface area contributed by atoms with Crippen molar-refractivity contribution in [1.29, 1.82) is 0 Å². The highest BCUT2D eigenvalue weighted by Gasteiger charge is 2.26. The summed E-state index contributed by atoms with van der Waals surface area (Å²) in [6.45, 7) is 1.86. The van der Waals surface area contributed by atoms with Crippen LogP contribution in [0.4, 0.5) is 18.9 Å². The van der Waals surface area contributed by atoms with Gasteiger partial charge in [-0.25, -0.2) is 0 Å². The van der Waals surface area contributed by atoms with E-state index in [1.54, 1.807) is 12.1 Å². The lowest BCUT2D eigenvalue weighted by Crippen LogP contribution is -2.16. The summed E-state index contributed by atoms with van der Waals surface area (Å²) in [6, 6.07) is 10.6. The molecular formula is C16H18F3NO. The molecular weight excluding hydrogens is 279 g/mol. The molecule has 0 saturated heterocycles. The third-order valence-electron chi connectivity index (χ3n) is 3.40. The predicted molar refractivity (Wildman–Crippen MR) is 78.6 cm³/mol. The SMILES string of the molecule is CC(CCCC(F)(F)F)Nc1cccc2c(O)cccc12. The second kappa shape index (κ2) is 6.24. The van der Waals surface area contributed by atoms with Gasteiger partial charge in [-0.3, -0.25) is 0 Å². The minimum atomic E-state index is -4.09. The number of fused-ring (bicyclic) bond motifs is 1. The molecule has 21 heavy (non-hydrogen) atoms. The number of hydrogen-bond donors (Lipinski definition) is 2. The lowest BCUT2D eigenvalue weighted by molar-refractivity contribution is -0.135. The molecule has 0 aliphatic heterocycles. The maximum absolute atomic E-state index is 12.1. The normalized spacial score (nSPS) is 13.3. The van der Waals surface area contributed by atoms with Crippen LogP contribution in [0.15, 0.2) is 36.4 Å². The number of aromatic hydroxyl groups is 1. The van der Waals surface area contributed by atoms with E-state index in [9.17, 15) is 18.3 Å². The number of benzene rings is 2. The first-order valence-electron chi connectivity index (χ1n) is 6.91. The largest absolute Gasteiger partial charge is 0.507 e. The minimum absolute atomic E-state index is 0.0692. The number of nitrogens with one attached hydrogen (secondary N) is 1. The number of halogens is 3. The number of anilines is 1. The van der Waals surface area contributed by atoms with E-state index >= 15 is 0 Å². The van der Waals surface area contributed by atoms with E-state index in [-0.39, 0.29) is 18.2 Å². The van der Waals surface area contributed by atoms with Crippen molar-refractivity contribution < 1.29 is 18.3 Å². The first kappa shape index (κ1) is 15.5. The van der Waals surface area contributed by atoms with Crippen LogP contribution in [0.1, 0.15) is 26.2 Å². The van der Waals surface area contributed by atoms with Crippen LogP contribution in [0.2, 0.25) is 0 Å². The molecule has 2 rings (SSSR count). The average Bonchev–Trinajstić information content (AvgIpc) is 2.38. The van der Waals surface area contributed by atoms with Crippen molar-refractivity contribution in [3.05, 3.63) is 36.4 Å². The number of rotatable bonds is 5. The molecule has 1 unspecified atom stereocenters. The van der Waals surface area contributed by atoms with E-state index in [4.69, 9.17) is 0 Å². The average molecular weight is 297 g/mol. The number of phenols is 1. The van der Waals surface area contributed by atoms with Gasteiger partial charge >= 0.3 is 6.18 Å². The van der Waals surface area contributed by atoms with Gasteiger partial charge in [0.15, 0.2) is 0 Å². The van der Waals surface area contributed by atoms with Crippen molar-refractivity contribution in [1.82, 2.24) is 0 Å². The second-order valence-electron chi connectivity index (χ2n) is 5.23. The predicted octanol–water partition coefficient (Wildman–Crippen LogP) is 5.08. The molecule has 0 aromatic heterocycles. The molecule has 2 aromatic carbocycles. The molecule has 0 heterocycles.